The molecule has 0 bridgehead atoms. The van der Waals surface area contributed by atoms with E-state index >= 15 is 0 Å². The maximum atomic E-state index is 10.5. The molecule has 0 aromatic rings. The van der Waals surface area contributed by atoms with Gasteiger partial charge < -0.3 is 10.1 Å². The van der Waals surface area contributed by atoms with Crippen LogP contribution in [0, 0.1) is 0 Å². The Kier molecular flexibility index (Phi) is 6.74. The smallest absolute Gasteiger partial charge is 0.319 e. The van der Waals surface area contributed by atoms with E-state index in [0.29, 0.717) is 6.54 Å². The molecule has 1 N–H and O–H groups in total. The van der Waals surface area contributed by atoms with E-state index in [4.69, 9.17) is 0 Å². The van der Waals surface area contributed by atoms with Gasteiger partial charge in [-0.15, -0.1) is 0 Å². The summed E-state index contributed by atoms with van der Waals surface area (Å²) in [7, 11) is 1.39. The van der Waals surface area contributed by atoms with E-state index in [1.165, 1.54) is 7.11 Å². The highest BCUT2D eigenvalue weighted by molar-refractivity contribution is 7.98. The number of carbonyl (C=O) groups is 1. The highest BCUT2D eigenvalue weighted by Gasteiger charge is 1.95. The topological polar surface area (TPSA) is 38.3 Å². The monoisotopic (exact) mass is 163 g/mol. The van der Waals surface area contributed by atoms with Crippen molar-refractivity contribution in [2.24, 2.45) is 0 Å². The highest BCUT2D eigenvalue weighted by atomic mass is 32.2. The Morgan fingerprint density at radius 3 is 2.90 bits per heavy atom. The zero-order chi connectivity index (χ0) is 7.82. The van der Waals surface area contributed by atoms with Crippen LogP contribution in [-0.4, -0.2) is 38.2 Å². The molecule has 0 aromatic heterocycles. The fourth-order valence-electron chi connectivity index (χ4n) is 0.437. The number of nitrogens with one attached hydrogen (secondary N) is 1. The van der Waals surface area contributed by atoms with Crippen LogP contribution in [0.3, 0.4) is 0 Å². The summed E-state index contributed by atoms with van der Waals surface area (Å²) in [4.78, 5) is 10.5. The second-order valence-corrected chi connectivity index (χ2v) is 2.73. The summed E-state index contributed by atoms with van der Waals surface area (Å²) in [6, 6.07) is 0. The van der Waals surface area contributed by atoms with Crippen LogP contribution in [0.2, 0.25) is 0 Å². The molecule has 0 atom stereocenters. The van der Waals surface area contributed by atoms with Crippen LogP contribution in [0.25, 0.3) is 0 Å². The molecule has 0 unspecified atom stereocenters. The number of carbonyl (C=O) groups excluding carboxylic acids is 1. The lowest BCUT2D eigenvalue weighted by molar-refractivity contribution is -0.139. The van der Waals surface area contributed by atoms with E-state index < -0.39 is 0 Å². The molecular weight excluding hydrogens is 150 g/mol. The number of thioether (sulfide) groups is 1. The van der Waals surface area contributed by atoms with Gasteiger partial charge in [0.2, 0.25) is 0 Å². The van der Waals surface area contributed by atoms with Gasteiger partial charge in [-0.05, 0) is 6.26 Å². The maximum Gasteiger partial charge on any atom is 0.319 e. The number of esters is 1. The first-order chi connectivity index (χ1) is 4.81. The normalized spacial score (nSPS) is 9.40. The average Bonchev–Trinajstić information content (AvgIpc) is 1.98. The molecule has 3 nitrogen and oxygen atoms in total. The number of hydrogen-bond donors (Lipinski definition) is 1. The fraction of sp³-hybridized carbons (Fsp3) is 0.833. The number of rotatable bonds is 5. The average molecular weight is 163 g/mol. The maximum absolute atomic E-state index is 10.5. The predicted octanol–water partition coefficient (Wildman–Crippen LogP) is 0.112. The van der Waals surface area contributed by atoms with Gasteiger partial charge in [0.25, 0.3) is 0 Å². The lowest BCUT2D eigenvalue weighted by Crippen LogP contribution is -2.25. The predicted molar refractivity (Wildman–Crippen MR) is 43.3 cm³/mol. The fourth-order valence-corrected chi connectivity index (χ4v) is 0.785. The highest BCUT2D eigenvalue weighted by Crippen LogP contribution is 1.86. The van der Waals surface area contributed by atoms with Gasteiger partial charge in [0.15, 0.2) is 0 Å². The van der Waals surface area contributed by atoms with Crippen LogP contribution in [0.5, 0.6) is 0 Å². The van der Waals surface area contributed by atoms with Crippen LogP contribution >= 0.6 is 11.8 Å². The SMILES string of the molecule is COC(=O)CNCCSC. The lowest BCUT2D eigenvalue weighted by atomic mass is 10.6. The van der Waals surface area contributed by atoms with Gasteiger partial charge in [0.1, 0.15) is 0 Å². The minimum atomic E-state index is -0.207. The molecule has 0 radical (unpaired) electrons. The third-order valence-electron chi connectivity index (χ3n) is 0.980. The third-order valence-corrected chi connectivity index (χ3v) is 1.59. The van der Waals surface area contributed by atoms with Crippen LogP contribution in [-0.2, 0) is 9.53 Å². The first-order valence-corrected chi connectivity index (χ1v) is 4.47. The Balaban J connectivity index is 2.96. The van der Waals surface area contributed by atoms with Crippen molar-refractivity contribution < 1.29 is 9.53 Å². The van der Waals surface area contributed by atoms with Crippen molar-refractivity contribution >= 4 is 17.7 Å². The summed E-state index contributed by atoms with van der Waals surface area (Å²) in [6.45, 7) is 1.17. The lowest BCUT2D eigenvalue weighted by Gasteiger charge is -2.00. The molecule has 4 heteroatoms. The molecule has 0 amide bonds. The van der Waals surface area contributed by atoms with Gasteiger partial charge in [-0.3, -0.25) is 4.79 Å². The van der Waals surface area contributed by atoms with Gasteiger partial charge in [0, 0.05) is 12.3 Å². The Morgan fingerprint density at radius 2 is 2.40 bits per heavy atom. The second-order valence-electron chi connectivity index (χ2n) is 1.75. The van der Waals surface area contributed by atoms with Crippen molar-refractivity contribution in [3.63, 3.8) is 0 Å². The molecule has 0 saturated carbocycles. The molecule has 0 aromatic carbocycles. The summed E-state index contributed by atoms with van der Waals surface area (Å²) in [5.41, 5.74) is 0. The van der Waals surface area contributed by atoms with E-state index in [9.17, 15) is 4.79 Å². The first-order valence-electron chi connectivity index (χ1n) is 3.07. The number of ether oxygens (including phenoxy) is 1. The van der Waals surface area contributed by atoms with Crippen LogP contribution in [0.1, 0.15) is 0 Å². The minimum Gasteiger partial charge on any atom is -0.468 e. The summed E-state index contributed by atoms with van der Waals surface area (Å²) in [5, 5.41) is 2.94. The zero-order valence-electron chi connectivity index (χ0n) is 6.35. The molecule has 0 rings (SSSR count). The van der Waals surface area contributed by atoms with Crippen LogP contribution < -0.4 is 5.32 Å². The Morgan fingerprint density at radius 1 is 1.70 bits per heavy atom. The van der Waals surface area contributed by atoms with Gasteiger partial charge in [-0.2, -0.15) is 11.8 Å². The molecular formula is C6H13NO2S. The summed E-state index contributed by atoms with van der Waals surface area (Å²) in [5.74, 6) is 0.817. The van der Waals surface area contributed by atoms with Crippen molar-refractivity contribution in [2.75, 3.05) is 32.2 Å². The third kappa shape index (κ3) is 5.91. The van der Waals surface area contributed by atoms with Gasteiger partial charge >= 0.3 is 5.97 Å². The molecule has 0 fully saturated rings. The molecule has 10 heavy (non-hydrogen) atoms. The zero-order valence-corrected chi connectivity index (χ0v) is 7.16. The first kappa shape index (κ1) is 9.78. The van der Waals surface area contributed by atoms with Crippen molar-refractivity contribution in [3.8, 4) is 0 Å². The quantitative estimate of drug-likeness (QED) is 0.461. The standard InChI is InChI=1S/C6H13NO2S/c1-9-6(8)5-7-3-4-10-2/h7H,3-5H2,1-2H3. The molecule has 0 heterocycles. The molecule has 0 saturated heterocycles. The summed E-state index contributed by atoms with van der Waals surface area (Å²) >= 11 is 1.75. The van der Waals surface area contributed by atoms with E-state index in [-0.39, 0.29) is 5.97 Å². The number of hydrogen-bond acceptors (Lipinski definition) is 4. The summed E-state index contributed by atoms with van der Waals surface area (Å²) < 4.78 is 4.42. The van der Waals surface area contributed by atoms with Crippen molar-refractivity contribution in [3.05, 3.63) is 0 Å². The van der Waals surface area contributed by atoms with Crippen LogP contribution in [0.15, 0.2) is 0 Å². The molecule has 0 spiro atoms. The van der Waals surface area contributed by atoms with Gasteiger partial charge in [0.05, 0.1) is 13.7 Å². The van der Waals surface area contributed by atoms with E-state index in [2.05, 4.69) is 10.1 Å². The van der Waals surface area contributed by atoms with Crippen LogP contribution in [0.4, 0.5) is 0 Å². The Labute approximate surface area is 65.5 Å². The Hall–Kier alpha value is -0.220. The molecule has 0 aliphatic rings. The minimum absolute atomic E-state index is 0.207. The van der Waals surface area contributed by atoms with E-state index in [1.54, 1.807) is 11.8 Å². The van der Waals surface area contributed by atoms with Crippen molar-refractivity contribution in [2.45, 2.75) is 0 Å². The number of methoxy groups -OCH3 is 1. The Bertz CT molecular complexity index is 97.7. The summed E-state index contributed by atoms with van der Waals surface area (Å²) in [6.07, 6.45) is 2.03. The second kappa shape index (κ2) is 6.89. The largest absolute Gasteiger partial charge is 0.468 e. The molecule has 0 aliphatic carbocycles. The van der Waals surface area contributed by atoms with Crippen molar-refractivity contribution in [1.29, 1.82) is 0 Å². The van der Waals surface area contributed by atoms with Gasteiger partial charge in [-0.25, -0.2) is 0 Å². The van der Waals surface area contributed by atoms with Gasteiger partial charge in [-0.1, -0.05) is 0 Å². The molecule has 0 aliphatic heterocycles. The van der Waals surface area contributed by atoms with E-state index in [1.807, 2.05) is 6.26 Å². The van der Waals surface area contributed by atoms with E-state index in [0.717, 1.165) is 12.3 Å². The van der Waals surface area contributed by atoms with Crippen molar-refractivity contribution in [1.82, 2.24) is 5.32 Å². The molecule has 60 valence electrons.